The Morgan fingerprint density at radius 1 is 1.22 bits per heavy atom. The van der Waals surface area contributed by atoms with Gasteiger partial charge in [-0.3, -0.25) is 4.79 Å². The number of rotatable bonds is 6. The van der Waals surface area contributed by atoms with Gasteiger partial charge in [-0.15, -0.1) is 0 Å². The second-order valence-electron chi connectivity index (χ2n) is 5.55. The third kappa shape index (κ3) is 5.53. The summed E-state index contributed by atoms with van der Waals surface area (Å²) in [5.74, 6) is -0.0709. The maximum atomic E-state index is 12.2. The van der Waals surface area contributed by atoms with E-state index >= 15 is 0 Å². The molecule has 0 aliphatic carbocycles. The van der Waals surface area contributed by atoms with Gasteiger partial charge in [-0.05, 0) is 49.9 Å². The van der Waals surface area contributed by atoms with Crippen molar-refractivity contribution in [3.05, 3.63) is 28.7 Å². The largest absolute Gasteiger partial charge is 0.482 e. The molecule has 126 valence electrons. The molecule has 23 heavy (non-hydrogen) atoms. The number of benzene rings is 1. The summed E-state index contributed by atoms with van der Waals surface area (Å²) < 4.78 is 11.3. The van der Waals surface area contributed by atoms with Crippen LogP contribution in [-0.2, 0) is 14.3 Å². The number of esters is 1. The molecule has 1 aromatic carbocycles. The molecule has 1 unspecified atom stereocenters. The summed E-state index contributed by atoms with van der Waals surface area (Å²) >= 11 is 3.33. The van der Waals surface area contributed by atoms with E-state index < -0.39 is 5.97 Å². The zero-order chi connectivity index (χ0) is 16.7. The lowest BCUT2D eigenvalue weighted by Crippen LogP contribution is -2.45. The highest BCUT2D eigenvalue weighted by atomic mass is 79.9. The van der Waals surface area contributed by atoms with Crippen LogP contribution < -0.4 is 4.74 Å². The molecule has 0 radical (unpaired) electrons. The first kappa shape index (κ1) is 17.8. The number of hydrogen-bond donors (Lipinski definition) is 0. The Bertz CT molecular complexity index is 532. The summed E-state index contributed by atoms with van der Waals surface area (Å²) in [5, 5.41) is 0. The van der Waals surface area contributed by atoms with Crippen molar-refractivity contribution in [3.8, 4) is 5.75 Å². The standard InChI is InChI=1S/C17H22BrNO4/c1-2-14-5-3-4-10-19(14)16(20)11-23-17(21)12-22-15-8-6-13(18)7-9-15/h6-9,14H,2-5,10-12H2,1H3. The van der Waals surface area contributed by atoms with Crippen molar-refractivity contribution in [1.82, 2.24) is 4.90 Å². The molecular weight excluding hydrogens is 362 g/mol. The number of carbonyl (C=O) groups is 2. The van der Waals surface area contributed by atoms with Crippen molar-refractivity contribution in [2.75, 3.05) is 19.8 Å². The maximum Gasteiger partial charge on any atom is 0.344 e. The normalized spacial score (nSPS) is 17.7. The number of hydrogen-bond acceptors (Lipinski definition) is 4. The van der Waals surface area contributed by atoms with Crippen molar-refractivity contribution in [3.63, 3.8) is 0 Å². The number of amides is 1. The predicted octanol–water partition coefficient (Wildman–Crippen LogP) is 3.16. The molecule has 5 nitrogen and oxygen atoms in total. The summed E-state index contributed by atoms with van der Waals surface area (Å²) in [6, 6.07) is 7.43. The van der Waals surface area contributed by atoms with Crippen LogP contribution in [0.3, 0.4) is 0 Å². The first-order chi connectivity index (χ1) is 11.1. The van der Waals surface area contributed by atoms with Gasteiger partial charge in [0, 0.05) is 17.1 Å². The fraction of sp³-hybridized carbons (Fsp3) is 0.529. The van der Waals surface area contributed by atoms with E-state index in [1.165, 1.54) is 0 Å². The fourth-order valence-electron chi connectivity index (χ4n) is 2.69. The van der Waals surface area contributed by atoms with E-state index in [0.29, 0.717) is 5.75 Å². The molecule has 2 rings (SSSR count). The molecule has 1 aromatic rings. The molecule has 1 amide bonds. The van der Waals surface area contributed by atoms with E-state index in [2.05, 4.69) is 22.9 Å². The van der Waals surface area contributed by atoms with Gasteiger partial charge in [0.25, 0.3) is 5.91 Å². The van der Waals surface area contributed by atoms with Crippen LogP contribution in [0.4, 0.5) is 0 Å². The first-order valence-corrected chi connectivity index (χ1v) is 8.73. The molecule has 1 saturated heterocycles. The van der Waals surface area contributed by atoms with Gasteiger partial charge in [0.2, 0.25) is 0 Å². The second-order valence-corrected chi connectivity index (χ2v) is 6.46. The first-order valence-electron chi connectivity index (χ1n) is 7.93. The molecule has 0 N–H and O–H groups in total. The summed E-state index contributed by atoms with van der Waals surface area (Å²) in [7, 11) is 0. The number of ether oxygens (including phenoxy) is 2. The van der Waals surface area contributed by atoms with E-state index in [1.54, 1.807) is 12.1 Å². The Kier molecular flexibility index (Phi) is 6.89. The third-order valence-corrected chi connectivity index (χ3v) is 4.47. The Balaban J connectivity index is 1.73. The summed E-state index contributed by atoms with van der Waals surface area (Å²) in [4.78, 5) is 25.7. The van der Waals surface area contributed by atoms with Crippen molar-refractivity contribution in [2.24, 2.45) is 0 Å². The quantitative estimate of drug-likeness (QED) is 0.707. The molecule has 6 heteroatoms. The van der Waals surface area contributed by atoms with Gasteiger partial charge in [0.05, 0.1) is 0 Å². The van der Waals surface area contributed by atoms with Crippen LogP contribution in [0.15, 0.2) is 28.7 Å². The van der Waals surface area contributed by atoms with Gasteiger partial charge in [-0.1, -0.05) is 22.9 Å². The molecule has 0 saturated carbocycles. The van der Waals surface area contributed by atoms with E-state index in [1.807, 2.05) is 17.0 Å². The van der Waals surface area contributed by atoms with E-state index in [0.717, 1.165) is 36.7 Å². The number of carbonyl (C=O) groups excluding carboxylic acids is 2. The summed E-state index contributed by atoms with van der Waals surface area (Å²) in [6.45, 7) is 2.42. The average Bonchev–Trinajstić information content (AvgIpc) is 2.59. The van der Waals surface area contributed by atoms with E-state index in [-0.39, 0.29) is 25.2 Å². The minimum absolute atomic E-state index is 0.117. The van der Waals surface area contributed by atoms with Crippen LogP contribution >= 0.6 is 15.9 Å². The Morgan fingerprint density at radius 3 is 2.65 bits per heavy atom. The smallest absolute Gasteiger partial charge is 0.344 e. The fourth-order valence-corrected chi connectivity index (χ4v) is 2.96. The van der Waals surface area contributed by atoms with Gasteiger partial charge in [0.1, 0.15) is 5.75 Å². The highest BCUT2D eigenvalue weighted by Gasteiger charge is 2.25. The summed E-state index contributed by atoms with van der Waals surface area (Å²) in [5.41, 5.74) is 0. The Hall–Kier alpha value is -1.56. The van der Waals surface area contributed by atoms with Gasteiger partial charge in [0.15, 0.2) is 13.2 Å². The molecule has 0 bridgehead atoms. The highest BCUT2D eigenvalue weighted by Crippen LogP contribution is 2.19. The van der Waals surface area contributed by atoms with Gasteiger partial charge < -0.3 is 14.4 Å². The lowest BCUT2D eigenvalue weighted by atomic mass is 10.00. The van der Waals surface area contributed by atoms with Crippen LogP contribution in [0.1, 0.15) is 32.6 Å². The molecular formula is C17H22BrNO4. The molecule has 1 aliphatic rings. The van der Waals surface area contributed by atoms with Gasteiger partial charge >= 0.3 is 5.97 Å². The predicted molar refractivity (Wildman–Crippen MR) is 90.2 cm³/mol. The van der Waals surface area contributed by atoms with Crippen molar-refractivity contribution in [2.45, 2.75) is 38.6 Å². The van der Waals surface area contributed by atoms with Gasteiger partial charge in [-0.2, -0.15) is 0 Å². The number of halogens is 1. The molecule has 1 aliphatic heterocycles. The number of piperidine rings is 1. The van der Waals surface area contributed by atoms with E-state index in [9.17, 15) is 9.59 Å². The number of nitrogens with zero attached hydrogens (tertiary/aromatic N) is 1. The van der Waals surface area contributed by atoms with Gasteiger partial charge in [-0.25, -0.2) is 4.79 Å². The third-order valence-electron chi connectivity index (χ3n) is 3.95. The van der Waals surface area contributed by atoms with Crippen LogP contribution in [-0.4, -0.2) is 42.6 Å². The minimum atomic E-state index is -0.536. The van der Waals surface area contributed by atoms with Crippen LogP contribution in [0.25, 0.3) is 0 Å². The zero-order valence-corrected chi connectivity index (χ0v) is 14.9. The monoisotopic (exact) mass is 383 g/mol. The Labute approximate surface area is 145 Å². The maximum absolute atomic E-state index is 12.2. The lowest BCUT2D eigenvalue weighted by molar-refractivity contribution is -0.155. The second kappa shape index (κ2) is 8.91. The SMILES string of the molecule is CCC1CCCCN1C(=O)COC(=O)COc1ccc(Br)cc1. The van der Waals surface area contributed by atoms with Crippen LogP contribution in [0, 0.1) is 0 Å². The molecule has 1 fully saturated rings. The van der Waals surface area contributed by atoms with E-state index in [4.69, 9.17) is 9.47 Å². The molecule has 0 aromatic heterocycles. The summed E-state index contributed by atoms with van der Waals surface area (Å²) in [6.07, 6.45) is 4.14. The van der Waals surface area contributed by atoms with Crippen molar-refractivity contribution in [1.29, 1.82) is 0 Å². The Morgan fingerprint density at radius 2 is 1.96 bits per heavy atom. The zero-order valence-electron chi connectivity index (χ0n) is 13.3. The highest BCUT2D eigenvalue weighted by molar-refractivity contribution is 9.10. The minimum Gasteiger partial charge on any atom is -0.482 e. The molecule has 1 atom stereocenters. The number of likely N-dealkylation sites (tertiary alicyclic amines) is 1. The van der Waals surface area contributed by atoms with Crippen LogP contribution in [0.5, 0.6) is 5.75 Å². The van der Waals surface area contributed by atoms with Crippen molar-refractivity contribution >= 4 is 27.8 Å². The van der Waals surface area contributed by atoms with Crippen molar-refractivity contribution < 1.29 is 19.1 Å². The molecule has 1 heterocycles. The lowest BCUT2D eigenvalue weighted by Gasteiger charge is -2.35. The van der Waals surface area contributed by atoms with Crippen LogP contribution in [0.2, 0.25) is 0 Å². The average molecular weight is 384 g/mol. The molecule has 0 spiro atoms. The topological polar surface area (TPSA) is 55.8 Å².